The molecule has 6 nitrogen and oxygen atoms in total. The minimum absolute atomic E-state index is 0.0100. The molecule has 0 aromatic heterocycles. The Morgan fingerprint density at radius 3 is 2.00 bits per heavy atom. The van der Waals surface area contributed by atoms with Crippen molar-refractivity contribution in [2.75, 3.05) is 0 Å². The van der Waals surface area contributed by atoms with E-state index in [1.807, 2.05) is 0 Å². The van der Waals surface area contributed by atoms with Gasteiger partial charge in [-0.15, -0.1) is 0 Å². The maximum atomic E-state index is 12.1. The van der Waals surface area contributed by atoms with Gasteiger partial charge >= 0.3 is 0 Å². The van der Waals surface area contributed by atoms with Crippen molar-refractivity contribution in [3.05, 3.63) is 12.2 Å². The van der Waals surface area contributed by atoms with Crippen LogP contribution < -0.4 is 0 Å². The summed E-state index contributed by atoms with van der Waals surface area (Å²) >= 11 is 0. The van der Waals surface area contributed by atoms with Crippen LogP contribution in [0.15, 0.2) is 12.2 Å². The lowest BCUT2D eigenvalue weighted by Gasteiger charge is -2.33. The number of hydrogen-bond acceptors (Lipinski definition) is 6. The molecule has 0 aromatic rings. The predicted molar refractivity (Wildman–Crippen MR) is 74.2 cm³/mol. The van der Waals surface area contributed by atoms with Crippen molar-refractivity contribution in [2.45, 2.75) is 62.6 Å². The lowest BCUT2D eigenvalue weighted by molar-refractivity contribution is -0.134. The summed E-state index contributed by atoms with van der Waals surface area (Å²) in [6, 6.07) is 0. The Labute approximate surface area is 123 Å². The molecule has 6 heteroatoms. The number of rotatable bonds is 3. The number of allylic oxidation sites excluding steroid dienone is 2. The van der Waals surface area contributed by atoms with Crippen LogP contribution in [-0.4, -0.2) is 61.8 Å². The average molecular weight is 300 g/mol. The van der Waals surface area contributed by atoms with Gasteiger partial charge in [-0.25, -0.2) is 0 Å². The highest BCUT2D eigenvalue weighted by Crippen LogP contribution is 2.28. The van der Waals surface area contributed by atoms with Gasteiger partial charge in [0.1, 0.15) is 0 Å². The summed E-state index contributed by atoms with van der Waals surface area (Å²) in [7, 11) is 0. The lowest BCUT2D eigenvalue weighted by atomic mass is 9.79. The van der Waals surface area contributed by atoms with Crippen molar-refractivity contribution in [1.82, 2.24) is 0 Å². The Bertz CT molecular complexity index is 384. The summed E-state index contributed by atoms with van der Waals surface area (Å²) < 4.78 is 0. The molecule has 2 saturated carbocycles. The Kier molecular flexibility index (Phi) is 5.51. The van der Waals surface area contributed by atoms with Crippen LogP contribution in [0.1, 0.15) is 32.1 Å². The van der Waals surface area contributed by atoms with Crippen molar-refractivity contribution in [3.8, 4) is 0 Å². The van der Waals surface area contributed by atoms with Gasteiger partial charge in [0.2, 0.25) is 0 Å². The fourth-order valence-electron chi connectivity index (χ4n) is 3.26. The molecule has 2 aliphatic carbocycles. The van der Waals surface area contributed by atoms with E-state index >= 15 is 0 Å². The minimum atomic E-state index is -1.04. The van der Waals surface area contributed by atoms with Crippen LogP contribution in [0.2, 0.25) is 0 Å². The molecular weight excluding hydrogens is 276 g/mol. The van der Waals surface area contributed by atoms with E-state index in [2.05, 4.69) is 0 Å². The predicted octanol–water partition coefficient (Wildman–Crippen LogP) is -0.874. The fraction of sp³-hybridized carbons (Fsp3) is 0.800. The van der Waals surface area contributed by atoms with Crippen molar-refractivity contribution in [2.24, 2.45) is 11.8 Å². The molecule has 0 aliphatic heterocycles. The molecule has 0 heterocycles. The SMILES string of the molecule is O=C(/C=C/C1CCC(O)C(O)C1)C1C(O)CC(O)CC1O. The molecule has 0 spiro atoms. The van der Waals surface area contributed by atoms with Gasteiger partial charge in [0.15, 0.2) is 5.78 Å². The second kappa shape index (κ2) is 6.98. The van der Waals surface area contributed by atoms with Crippen molar-refractivity contribution < 1.29 is 30.3 Å². The van der Waals surface area contributed by atoms with Crippen LogP contribution in [-0.2, 0) is 4.79 Å². The van der Waals surface area contributed by atoms with Crippen LogP contribution in [0.25, 0.3) is 0 Å². The molecule has 120 valence electrons. The molecule has 21 heavy (non-hydrogen) atoms. The third-order valence-electron chi connectivity index (χ3n) is 4.54. The summed E-state index contributed by atoms with van der Waals surface area (Å²) in [6.45, 7) is 0. The first-order valence-corrected chi connectivity index (χ1v) is 7.51. The van der Waals surface area contributed by atoms with Gasteiger partial charge in [-0.1, -0.05) is 6.08 Å². The first kappa shape index (κ1) is 16.6. The molecule has 0 amide bonds. The van der Waals surface area contributed by atoms with Gasteiger partial charge in [0.05, 0.1) is 36.4 Å². The normalized spacial score (nSPS) is 44.9. The molecule has 5 atom stereocenters. The quantitative estimate of drug-likeness (QED) is 0.432. The van der Waals surface area contributed by atoms with Crippen LogP contribution in [0, 0.1) is 11.8 Å². The molecule has 2 fully saturated rings. The molecular formula is C15H24O6. The summed E-state index contributed by atoms with van der Waals surface area (Å²) in [6.07, 6.45) is 0.466. The summed E-state index contributed by atoms with van der Waals surface area (Å²) in [4.78, 5) is 12.1. The maximum Gasteiger partial charge on any atom is 0.163 e. The minimum Gasteiger partial charge on any atom is -0.393 e. The molecule has 0 aromatic carbocycles. The smallest absolute Gasteiger partial charge is 0.163 e. The highest BCUT2D eigenvalue weighted by Gasteiger charge is 2.39. The first-order chi connectivity index (χ1) is 9.88. The zero-order chi connectivity index (χ0) is 15.6. The van der Waals surface area contributed by atoms with E-state index in [1.165, 1.54) is 6.08 Å². The van der Waals surface area contributed by atoms with Crippen molar-refractivity contribution in [1.29, 1.82) is 0 Å². The van der Waals surface area contributed by atoms with E-state index in [1.54, 1.807) is 6.08 Å². The van der Waals surface area contributed by atoms with Gasteiger partial charge in [-0.3, -0.25) is 4.79 Å². The van der Waals surface area contributed by atoms with E-state index in [0.717, 1.165) is 0 Å². The summed E-state index contributed by atoms with van der Waals surface area (Å²) in [5, 5.41) is 48.2. The highest BCUT2D eigenvalue weighted by atomic mass is 16.3. The van der Waals surface area contributed by atoms with Gasteiger partial charge in [0, 0.05) is 12.8 Å². The molecule has 5 N–H and O–H groups in total. The van der Waals surface area contributed by atoms with Crippen LogP contribution in [0.3, 0.4) is 0 Å². The van der Waals surface area contributed by atoms with E-state index < -0.39 is 36.4 Å². The van der Waals surface area contributed by atoms with E-state index in [4.69, 9.17) is 0 Å². The van der Waals surface area contributed by atoms with Crippen molar-refractivity contribution in [3.63, 3.8) is 0 Å². The standard InChI is InChI=1S/C15H24O6/c16-9-6-13(20)15(14(21)7-9)11(18)4-2-8-1-3-10(17)12(19)5-8/h2,4,8-10,12-17,19-21H,1,3,5-7H2/b4-2+. The van der Waals surface area contributed by atoms with E-state index in [0.29, 0.717) is 19.3 Å². The molecule has 5 unspecified atom stereocenters. The Morgan fingerprint density at radius 1 is 0.810 bits per heavy atom. The Balaban J connectivity index is 1.93. The maximum absolute atomic E-state index is 12.1. The fourth-order valence-corrected chi connectivity index (χ4v) is 3.26. The number of carbonyl (C=O) groups is 1. The van der Waals surface area contributed by atoms with E-state index in [-0.39, 0.29) is 24.5 Å². The zero-order valence-corrected chi connectivity index (χ0v) is 11.9. The summed E-state index contributed by atoms with van der Waals surface area (Å²) in [5.74, 6) is -1.25. The van der Waals surface area contributed by atoms with Crippen LogP contribution in [0.4, 0.5) is 0 Å². The third kappa shape index (κ3) is 4.11. The highest BCUT2D eigenvalue weighted by molar-refractivity contribution is 5.92. The number of carbonyl (C=O) groups excluding carboxylic acids is 1. The number of ketones is 1. The Morgan fingerprint density at radius 2 is 1.43 bits per heavy atom. The van der Waals surface area contributed by atoms with Gasteiger partial charge in [0.25, 0.3) is 0 Å². The second-order valence-electron chi connectivity index (χ2n) is 6.26. The molecule has 2 rings (SSSR count). The monoisotopic (exact) mass is 300 g/mol. The lowest BCUT2D eigenvalue weighted by Crippen LogP contribution is -2.45. The largest absolute Gasteiger partial charge is 0.393 e. The number of aliphatic hydroxyl groups excluding tert-OH is 5. The molecule has 0 radical (unpaired) electrons. The third-order valence-corrected chi connectivity index (χ3v) is 4.54. The molecule has 0 bridgehead atoms. The van der Waals surface area contributed by atoms with Crippen LogP contribution in [0.5, 0.6) is 0 Å². The van der Waals surface area contributed by atoms with Crippen molar-refractivity contribution >= 4 is 5.78 Å². The van der Waals surface area contributed by atoms with Gasteiger partial charge < -0.3 is 25.5 Å². The van der Waals surface area contributed by atoms with Gasteiger partial charge in [-0.2, -0.15) is 0 Å². The summed E-state index contributed by atoms with van der Waals surface area (Å²) in [5.41, 5.74) is 0. The number of aliphatic hydroxyl groups is 5. The van der Waals surface area contributed by atoms with E-state index in [9.17, 15) is 30.3 Å². The Hall–Kier alpha value is -0.790. The molecule has 2 aliphatic rings. The topological polar surface area (TPSA) is 118 Å². The van der Waals surface area contributed by atoms with Crippen LogP contribution >= 0.6 is 0 Å². The second-order valence-corrected chi connectivity index (χ2v) is 6.26. The number of hydrogen-bond donors (Lipinski definition) is 5. The van der Waals surface area contributed by atoms with Gasteiger partial charge in [-0.05, 0) is 31.3 Å². The first-order valence-electron chi connectivity index (χ1n) is 7.51. The zero-order valence-electron chi connectivity index (χ0n) is 11.9. The average Bonchev–Trinajstić information content (AvgIpc) is 2.39. The molecule has 0 saturated heterocycles.